The minimum atomic E-state index is -6.00. The van der Waals surface area contributed by atoms with Crippen LogP contribution in [0.1, 0.15) is 0 Å². The lowest BCUT2D eigenvalue weighted by Crippen LogP contribution is -2.02. The second kappa shape index (κ2) is 5.08. The van der Waals surface area contributed by atoms with Gasteiger partial charge in [0.2, 0.25) is 5.39 Å². The minimum absolute atomic E-state index is 0.479. The maximum absolute atomic E-state index is 9.75. The summed E-state index contributed by atoms with van der Waals surface area (Å²) >= 11 is 0. The van der Waals surface area contributed by atoms with Gasteiger partial charge in [-0.3, -0.25) is 4.98 Å². The Kier molecular flexibility index (Phi) is 4.44. The monoisotopic (exact) mass is 193 g/mol. The van der Waals surface area contributed by atoms with Crippen LogP contribution in [-0.4, -0.2) is 12.2 Å². The Morgan fingerprint density at radius 1 is 1.31 bits per heavy atom. The molecular weight excluding hydrogens is 189 g/mol. The van der Waals surface area contributed by atoms with Gasteiger partial charge in [-0.2, -0.15) is 0 Å². The third-order valence-corrected chi connectivity index (χ3v) is 0.761. The van der Waals surface area contributed by atoms with Crippen molar-refractivity contribution in [3.8, 4) is 0 Å². The molecule has 0 saturated heterocycles. The van der Waals surface area contributed by atoms with E-state index < -0.39 is 7.25 Å². The molecule has 0 aromatic carbocycles. The van der Waals surface area contributed by atoms with E-state index in [2.05, 4.69) is 9.96 Å². The predicted molar refractivity (Wildman–Crippen MR) is 39.2 cm³/mol. The number of hydrogen-bond donors (Lipinski definition) is 0. The molecule has 0 amide bonds. The number of diazo groups is 1. The van der Waals surface area contributed by atoms with Crippen molar-refractivity contribution in [3.63, 3.8) is 0 Å². The molecule has 0 saturated carbocycles. The van der Waals surface area contributed by atoms with E-state index in [9.17, 15) is 17.3 Å². The summed E-state index contributed by atoms with van der Waals surface area (Å²) in [4.78, 5) is 6.61. The van der Waals surface area contributed by atoms with Gasteiger partial charge in [0, 0.05) is 12.3 Å². The zero-order chi connectivity index (χ0) is 10.3. The molecule has 1 rings (SSSR count). The summed E-state index contributed by atoms with van der Waals surface area (Å²) in [5.74, 6) is 0. The first kappa shape index (κ1) is 11.4. The molecule has 13 heavy (non-hydrogen) atoms. The molecule has 0 spiro atoms. The first-order valence-corrected chi connectivity index (χ1v) is 3.06. The molecule has 0 aliphatic heterocycles. The van der Waals surface area contributed by atoms with E-state index in [1.165, 1.54) is 6.20 Å². The van der Waals surface area contributed by atoms with Crippen LogP contribution in [0.4, 0.5) is 23.0 Å². The summed E-state index contributed by atoms with van der Waals surface area (Å²) in [5, 5.41) is 8.12. The van der Waals surface area contributed by atoms with Gasteiger partial charge in [0.05, 0.1) is 0 Å². The maximum Gasteiger partial charge on any atom is 0.673 e. The second-order valence-corrected chi connectivity index (χ2v) is 1.81. The number of hydrogen-bond acceptors (Lipinski definition) is 2. The topological polar surface area (TPSA) is 41.0 Å². The van der Waals surface area contributed by atoms with Crippen LogP contribution in [0.25, 0.3) is 4.98 Å². The van der Waals surface area contributed by atoms with Crippen molar-refractivity contribution in [1.82, 2.24) is 4.98 Å². The van der Waals surface area contributed by atoms with E-state index in [1.807, 2.05) is 0 Å². The fourth-order valence-electron chi connectivity index (χ4n) is 0.413. The summed E-state index contributed by atoms with van der Waals surface area (Å²) in [6.07, 6.45) is 3.09. The van der Waals surface area contributed by atoms with Gasteiger partial charge in [0.15, 0.2) is 4.98 Å². The molecule has 0 N–H and O–H groups in total. The van der Waals surface area contributed by atoms with Crippen molar-refractivity contribution in [1.29, 1.82) is 5.39 Å². The first-order chi connectivity index (χ1) is 5.93. The van der Waals surface area contributed by atoms with Crippen molar-refractivity contribution >= 4 is 12.9 Å². The molecule has 0 fully saturated rings. The van der Waals surface area contributed by atoms with Gasteiger partial charge >= 0.3 is 12.9 Å². The minimum Gasteiger partial charge on any atom is -0.418 e. The predicted octanol–water partition coefficient (Wildman–Crippen LogP) is 2.87. The number of aromatic nitrogens is 1. The van der Waals surface area contributed by atoms with Gasteiger partial charge in [-0.15, -0.1) is 0 Å². The summed E-state index contributed by atoms with van der Waals surface area (Å²) in [6.45, 7) is 0. The van der Waals surface area contributed by atoms with E-state index in [0.717, 1.165) is 0 Å². The van der Waals surface area contributed by atoms with E-state index in [0.29, 0.717) is 5.69 Å². The van der Waals surface area contributed by atoms with Crippen LogP contribution in [0, 0.1) is 5.39 Å². The molecular formula is C5H4BF4N3. The number of halogens is 4. The quantitative estimate of drug-likeness (QED) is 0.361. The number of rotatable bonds is 0. The number of nitrogens with zero attached hydrogens (tertiary/aromatic N) is 3. The van der Waals surface area contributed by atoms with Crippen molar-refractivity contribution in [2.24, 2.45) is 0 Å². The molecule has 8 heteroatoms. The Hall–Kier alpha value is -1.65. The molecule has 0 atom stereocenters. The maximum atomic E-state index is 9.75. The van der Waals surface area contributed by atoms with Crippen LogP contribution in [0.5, 0.6) is 0 Å². The first-order valence-electron chi connectivity index (χ1n) is 3.06. The summed E-state index contributed by atoms with van der Waals surface area (Å²) in [6, 6.07) is 3.36. The van der Waals surface area contributed by atoms with Crippen molar-refractivity contribution in [3.05, 3.63) is 29.5 Å². The van der Waals surface area contributed by atoms with E-state index >= 15 is 0 Å². The van der Waals surface area contributed by atoms with Crippen molar-refractivity contribution in [2.75, 3.05) is 0 Å². The molecule has 0 unspecified atom stereocenters. The van der Waals surface area contributed by atoms with Gasteiger partial charge in [0.1, 0.15) is 6.20 Å². The molecule has 1 aromatic heterocycles. The van der Waals surface area contributed by atoms with Crippen molar-refractivity contribution in [2.45, 2.75) is 0 Å². The normalized spacial score (nSPS) is 9.46. The lowest BCUT2D eigenvalue weighted by atomic mass is 10.3. The van der Waals surface area contributed by atoms with Crippen LogP contribution in [-0.2, 0) is 0 Å². The van der Waals surface area contributed by atoms with E-state index in [-0.39, 0.29) is 0 Å². The fraction of sp³-hybridized carbons (Fsp3) is 0. The molecule has 3 nitrogen and oxygen atoms in total. The Labute approximate surface area is 71.1 Å². The Bertz CT molecular complexity index is 274. The Morgan fingerprint density at radius 2 is 1.85 bits per heavy atom. The fourth-order valence-corrected chi connectivity index (χ4v) is 0.413. The highest BCUT2D eigenvalue weighted by Gasteiger charge is 2.20. The summed E-state index contributed by atoms with van der Waals surface area (Å²) < 4.78 is 39.0. The van der Waals surface area contributed by atoms with Crippen LogP contribution >= 0.6 is 0 Å². The molecule has 0 aliphatic rings. The molecule has 0 radical (unpaired) electrons. The van der Waals surface area contributed by atoms with Crippen LogP contribution in [0.2, 0.25) is 0 Å². The molecule has 1 heterocycles. The Balaban J connectivity index is 0.000000252. The highest BCUT2D eigenvalue weighted by Crippen LogP contribution is 2.06. The van der Waals surface area contributed by atoms with Gasteiger partial charge in [-0.25, -0.2) is 0 Å². The zero-order valence-corrected chi connectivity index (χ0v) is 6.24. The van der Waals surface area contributed by atoms with Gasteiger partial charge in [-0.1, -0.05) is 0 Å². The van der Waals surface area contributed by atoms with E-state index in [4.69, 9.17) is 5.39 Å². The average Bonchev–Trinajstić information content (AvgIpc) is 2.03. The van der Waals surface area contributed by atoms with Gasteiger partial charge in [-0.05, 0) is 6.07 Å². The lowest BCUT2D eigenvalue weighted by Gasteiger charge is -1.94. The molecule has 0 aliphatic carbocycles. The molecule has 1 aromatic rings. The summed E-state index contributed by atoms with van der Waals surface area (Å²) in [7, 11) is -6.00. The summed E-state index contributed by atoms with van der Waals surface area (Å²) in [5.41, 5.74) is 0.479. The highest BCUT2D eigenvalue weighted by molar-refractivity contribution is 6.50. The standard InChI is InChI=1S/C5H4N3.BF4/c6-8-5-2-1-3-7-4-5;2-1(3,4)5/h1-4H;/q+1;-1. The van der Waals surface area contributed by atoms with Gasteiger partial charge < -0.3 is 17.3 Å². The third-order valence-electron chi connectivity index (χ3n) is 0.761. The smallest absolute Gasteiger partial charge is 0.418 e. The van der Waals surface area contributed by atoms with E-state index in [1.54, 1.807) is 18.3 Å². The van der Waals surface area contributed by atoms with Crippen molar-refractivity contribution < 1.29 is 17.3 Å². The number of pyridine rings is 1. The zero-order valence-electron chi connectivity index (χ0n) is 6.24. The van der Waals surface area contributed by atoms with Gasteiger partial charge in [0.25, 0.3) is 0 Å². The SMILES string of the molecule is F[B-](F)(F)F.N#[N+]c1cccnc1. The highest BCUT2D eigenvalue weighted by atomic mass is 19.5. The van der Waals surface area contributed by atoms with Crippen LogP contribution in [0.15, 0.2) is 24.5 Å². The second-order valence-electron chi connectivity index (χ2n) is 1.81. The lowest BCUT2D eigenvalue weighted by molar-refractivity contribution is 0.368. The van der Waals surface area contributed by atoms with Crippen LogP contribution < -0.4 is 0 Å². The largest absolute Gasteiger partial charge is 0.673 e. The molecule has 70 valence electrons. The Morgan fingerprint density at radius 3 is 2.08 bits per heavy atom. The van der Waals surface area contributed by atoms with Crippen LogP contribution in [0.3, 0.4) is 0 Å². The average molecular weight is 193 g/mol. The third kappa shape index (κ3) is 10.4. The molecule has 0 bridgehead atoms.